The molecule has 0 radical (unpaired) electrons. The molecule has 1 saturated carbocycles. The zero-order valence-electron chi connectivity index (χ0n) is 8.87. The van der Waals surface area contributed by atoms with Crippen LogP contribution >= 0.6 is 23.4 Å². The van der Waals surface area contributed by atoms with Gasteiger partial charge in [-0.3, -0.25) is 0 Å². The lowest BCUT2D eigenvalue weighted by Crippen LogP contribution is -2.21. The molecular formula is C12H16ClNS. The highest BCUT2D eigenvalue weighted by atomic mass is 35.5. The molecule has 2 rings (SSSR count). The minimum Gasteiger partial charge on any atom is -0.317 e. The van der Waals surface area contributed by atoms with Crippen LogP contribution < -0.4 is 5.32 Å². The van der Waals surface area contributed by atoms with E-state index in [-0.39, 0.29) is 0 Å². The number of hydrogen-bond donors (Lipinski definition) is 1. The van der Waals surface area contributed by atoms with Gasteiger partial charge in [0.05, 0.1) is 0 Å². The van der Waals surface area contributed by atoms with Gasteiger partial charge in [0.25, 0.3) is 0 Å². The van der Waals surface area contributed by atoms with Crippen LogP contribution in [0.3, 0.4) is 0 Å². The third-order valence-electron chi connectivity index (χ3n) is 2.91. The molecule has 0 heterocycles. The number of nitrogens with one attached hydrogen (secondary N) is 1. The minimum atomic E-state index is 0.717. The third kappa shape index (κ3) is 3.13. The molecule has 1 N–H and O–H groups in total. The molecule has 82 valence electrons. The molecule has 15 heavy (non-hydrogen) atoms. The fourth-order valence-electron chi connectivity index (χ4n) is 2.01. The standard InChI is InChI=1S/C12H16ClNS/c1-14-10-4-7-12(8-10)15-11-5-2-9(13)3-6-11/h2-3,5-6,10,12,14H,4,7-8H2,1H3. The highest BCUT2D eigenvalue weighted by Gasteiger charge is 2.23. The van der Waals surface area contributed by atoms with Crippen molar-refractivity contribution in [1.82, 2.24) is 5.32 Å². The van der Waals surface area contributed by atoms with Crippen molar-refractivity contribution in [2.24, 2.45) is 0 Å². The number of thioether (sulfide) groups is 1. The van der Waals surface area contributed by atoms with E-state index in [0.717, 1.165) is 16.3 Å². The molecule has 3 heteroatoms. The zero-order valence-corrected chi connectivity index (χ0v) is 10.4. The van der Waals surface area contributed by atoms with E-state index < -0.39 is 0 Å². The number of halogens is 1. The zero-order chi connectivity index (χ0) is 10.7. The normalized spacial score (nSPS) is 25.7. The Hall–Kier alpha value is -0.180. The Balaban J connectivity index is 1.90. The van der Waals surface area contributed by atoms with Crippen LogP contribution in [0.25, 0.3) is 0 Å². The van der Waals surface area contributed by atoms with Crippen LogP contribution in [0.5, 0.6) is 0 Å². The highest BCUT2D eigenvalue weighted by molar-refractivity contribution is 8.00. The quantitative estimate of drug-likeness (QED) is 0.868. The Bertz CT molecular complexity index is 312. The molecule has 0 spiro atoms. The highest BCUT2D eigenvalue weighted by Crippen LogP contribution is 2.35. The van der Waals surface area contributed by atoms with Gasteiger partial charge in [-0.25, -0.2) is 0 Å². The van der Waals surface area contributed by atoms with E-state index in [4.69, 9.17) is 11.6 Å². The van der Waals surface area contributed by atoms with E-state index in [2.05, 4.69) is 24.5 Å². The Morgan fingerprint density at radius 3 is 2.60 bits per heavy atom. The monoisotopic (exact) mass is 241 g/mol. The number of rotatable bonds is 3. The van der Waals surface area contributed by atoms with Crippen molar-refractivity contribution >= 4 is 23.4 Å². The minimum absolute atomic E-state index is 0.717. The molecular weight excluding hydrogens is 226 g/mol. The first kappa shape index (κ1) is 11.3. The summed E-state index contributed by atoms with van der Waals surface area (Å²) in [6.45, 7) is 0. The summed E-state index contributed by atoms with van der Waals surface area (Å²) >= 11 is 7.84. The molecule has 1 aliphatic rings. The van der Waals surface area contributed by atoms with Crippen molar-refractivity contribution in [3.63, 3.8) is 0 Å². The van der Waals surface area contributed by atoms with Crippen molar-refractivity contribution in [3.8, 4) is 0 Å². The van der Waals surface area contributed by atoms with Crippen LogP contribution in [0.2, 0.25) is 5.02 Å². The van der Waals surface area contributed by atoms with Gasteiger partial charge in [0.15, 0.2) is 0 Å². The lowest BCUT2D eigenvalue weighted by atomic mass is 10.3. The Morgan fingerprint density at radius 2 is 2.00 bits per heavy atom. The number of hydrogen-bond acceptors (Lipinski definition) is 2. The maximum atomic E-state index is 5.85. The van der Waals surface area contributed by atoms with Gasteiger partial charge in [0, 0.05) is 21.2 Å². The van der Waals surface area contributed by atoms with E-state index in [1.54, 1.807) is 0 Å². The molecule has 1 fully saturated rings. The average Bonchev–Trinajstić information content (AvgIpc) is 2.69. The summed E-state index contributed by atoms with van der Waals surface area (Å²) in [5, 5.41) is 4.94. The van der Waals surface area contributed by atoms with Gasteiger partial charge in [0.1, 0.15) is 0 Å². The van der Waals surface area contributed by atoms with Crippen molar-refractivity contribution in [2.75, 3.05) is 7.05 Å². The van der Waals surface area contributed by atoms with Gasteiger partial charge in [0.2, 0.25) is 0 Å². The molecule has 1 nitrogen and oxygen atoms in total. The second-order valence-electron chi connectivity index (χ2n) is 3.99. The van der Waals surface area contributed by atoms with Crippen LogP contribution in [0.1, 0.15) is 19.3 Å². The van der Waals surface area contributed by atoms with Gasteiger partial charge in [-0.05, 0) is 50.6 Å². The summed E-state index contributed by atoms with van der Waals surface area (Å²) in [6.07, 6.45) is 3.91. The molecule has 2 unspecified atom stereocenters. The number of benzene rings is 1. The summed E-state index contributed by atoms with van der Waals surface area (Å²) in [6, 6.07) is 8.87. The van der Waals surface area contributed by atoms with Gasteiger partial charge < -0.3 is 5.32 Å². The largest absolute Gasteiger partial charge is 0.317 e. The van der Waals surface area contributed by atoms with E-state index in [1.807, 2.05) is 23.9 Å². The first-order chi connectivity index (χ1) is 7.28. The van der Waals surface area contributed by atoms with Gasteiger partial charge in [-0.1, -0.05) is 11.6 Å². The van der Waals surface area contributed by atoms with Crippen LogP contribution in [0.15, 0.2) is 29.2 Å². The molecule has 1 aromatic rings. The van der Waals surface area contributed by atoms with Crippen LogP contribution in [0.4, 0.5) is 0 Å². The summed E-state index contributed by atoms with van der Waals surface area (Å²) in [4.78, 5) is 1.33. The molecule has 0 amide bonds. The van der Waals surface area contributed by atoms with E-state index in [0.29, 0.717) is 0 Å². The van der Waals surface area contributed by atoms with Crippen LogP contribution in [0, 0.1) is 0 Å². The smallest absolute Gasteiger partial charge is 0.0406 e. The van der Waals surface area contributed by atoms with Crippen molar-refractivity contribution in [3.05, 3.63) is 29.3 Å². The SMILES string of the molecule is CNC1CCC(Sc2ccc(Cl)cc2)C1. The van der Waals surface area contributed by atoms with Gasteiger partial charge in [-0.15, -0.1) is 11.8 Å². The second-order valence-corrected chi connectivity index (χ2v) is 5.80. The molecule has 0 saturated heterocycles. The first-order valence-electron chi connectivity index (χ1n) is 5.37. The fraction of sp³-hybridized carbons (Fsp3) is 0.500. The fourth-order valence-corrected chi connectivity index (χ4v) is 3.40. The predicted octanol–water partition coefficient (Wildman–Crippen LogP) is 3.57. The van der Waals surface area contributed by atoms with E-state index in [9.17, 15) is 0 Å². The van der Waals surface area contributed by atoms with E-state index >= 15 is 0 Å². The van der Waals surface area contributed by atoms with Gasteiger partial charge >= 0.3 is 0 Å². The molecule has 0 aliphatic heterocycles. The summed E-state index contributed by atoms with van der Waals surface area (Å²) in [7, 11) is 2.06. The molecule has 1 aliphatic carbocycles. The van der Waals surface area contributed by atoms with Crippen LogP contribution in [-0.4, -0.2) is 18.3 Å². The topological polar surface area (TPSA) is 12.0 Å². The predicted molar refractivity (Wildman–Crippen MR) is 67.8 cm³/mol. The lowest BCUT2D eigenvalue weighted by molar-refractivity contribution is 0.583. The summed E-state index contributed by atoms with van der Waals surface area (Å²) in [5.74, 6) is 0. The molecule has 2 atom stereocenters. The lowest BCUT2D eigenvalue weighted by Gasteiger charge is -2.10. The Labute approximate surface area is 101 Å². The summed E-state index contributed by atoms with van der Waals surface area (Å²) < 4.78 is 0. The van der Waals surface area contributed by atoms with Gasteiger partial charge in [-0.2, -0.15) is 0 Å². The summed E-state index contributed by atoms with van der Waals surface area (Å²) in [5.41, 5.74) is 0. The molecule has 1 aromatic carbocycles. The third-order valence-corrected chi connectivity index (χ3v) is 4.47. The first-order valence-corrected chi connectivity index (χ1v) is 6.63. The van der Waals surface area contributed by atoms with Crippen molar-refractivity contribution in [1.29, 1.82) is 0 Å². The van der Waals surface area contributed by atoms with Crippen molar-refractivity contribution < 1.29 is 0 Å². The van der Waals surface area contributed by atoms with Crippen molar-refractivity contribution in [2.45, 2.75) is 35.4 Å². The maximum absolute atomic E-state index is 5.85. The van der Waals surface area contributed by atoms with Crippen LogP contribution in [-0.2, 0) is 0 Å². The Morgan fingerprint density at radius 1 is 1.27 bits per heavy atom. The average molecular weight is 242 g/mol. The molecule has 0 bridgehead atoms. The molecule has 0 aromatic heterocycles. The maximum Gasteiger partial charge on any atom is 0.0406 e. The Kier molecular flexibility index (Phi) is 3.95. The van der Waals surface area contributed by atoms with E-state index in [1.165, 1.54) is 24.2 Å². The second kappa shape index (κ2) is 5.24.